The minimum absolute atomic E-state index is 0. The highest BCUT2D eigenvalue weighted by Crippen LogP contribution is 2.44. The minimum Gasteiger partial charge on any atom is -0.0914 e. The largest absolute Gasteiger partial charge is 0.0914 e. The molecular formula is C24H38. The van der Waals surface area contributed by atoms with Crippen LogP contribution in [-0.4, -0.2) is 0 Å². The molecule has 2 aliphatic carbocycles. The van der Waals surface area contributed by atoms with Crippen LogP contribution in [0.2, 0.25) is 0 Å². The summed E-state index contributed by atoms with van der Waals surface area (Å²) < 4.78 is 0. The van der Waals surface area contributed by atoms with Gasteiger partial charge in [-0.05, 0) is 100 Å². The average Bonchev–Trinajstić information content (AvgIpc) is 2.64. The summed E-state index contributed by atoms with van der Waals surface area (Å²) in [5.74, 6) is 3.71. The van der Waals surface area contributed by atoms with E-state index in [1.165, 1.54) is 56.9 Å². The van der Waals surface area contributed by atoms with Gasteiger partial charge in [0.2, 0.25) is 0 Å². The Morgan fingerprint density at radius 1 is 0.750 bits per heavy atom. The maximum absolute atomic E-state index is 2.44. The lowest BCUT2D eigenvalue weighted by Gasteiger charge is -2.37. The third-order valence-corrected chi connectivity index (χ3v) is 6.49. The zero-order valence-corrected chi connectivity index (χ0v) is 15.6. The van der Waals surface area contributed by atoms with Gasteiger partial charge in [-0.15, -0.1) is 0 Å². The van der Waals surface area contributed by atoms with Gasteiger partial charge in [-0.25, -0.2) is 0 Å². The second-order valence-electron chi connectivity index (χ2n) is 7.98. The molecule has 134 valence electrons. The summed E-state index contributed by atoms with van der Waals surface area (Å²) in [7, 11) is 0. The smallest absolute Gasteiger partial charge is 0 e. The minimum atomic E-state index is 0. The summed E-state index contributed by atoms with van der Waals surface area (Å²) in [4.78, 5) is 0. The summed E-state index contributed by atoms with van der Waals surface area (Å²) in [5.41, 5.74) is 2.89. The summed E-state index contributed by atoms with van der Waals surface area (Å²) in [6, 6.07) is 9.29. The van der Waals surface area contributed by atoms with E-state index >= 15 is 0 Å². The molecule has 24 heavy (non-hydrogen) atoms. The highest BCUT2D eigenvalue weighted by atomic mass is 14.4. The van der Waals surface area contributed by atoms with Crippen LogP contribution in [0.15, 0.2) is 42.5 Å². The summed E-state index contributed by atoms with van der Waals surface area (Å²) in [6.07, 6.45) is 20.5. The van der Waals surface area contributed by atoms with Crippen molar-refractivity contribution in [3.63, 3.8) is 0 Å². The molecule has 0 heteroatoms. The van der Waals surface area contributed by atoms with Crippen LogP contribution in [0, 0.1) is 17.8 Å². The molecule has 2 saturated carbocycles. The van der Waals surface area contributed by atoms with Crippen molar-refractivity contribution < 1.29 is 2.85 Å². The molecule has 0 heterocycles. The van der Waals surface area contributed by atoms with Gasteiger partial charge in [0.25, 0.3) is 0 Å². The van der Waals surface area contributed by atoms with Crippen LogP contribution in [0.3, 0.4) is 0 Å². The van der Waals surface area contributed by atoms with Crippen LogP contribution >= 0.6 is 0 Å². The Labute approximate surface area is 152 Å². The van der Waals surface area contributed by atoms with Gasteiger partial charge in [0.15, 0.2) is 0 Å². The molecule has 0 N–H and O–H groups in total. The molecule has 2 fully saturated rings. The zero-order chi connectivity index (χ0) is 16.8. The molecule has 0 bridgehead atoms. The van der Waals surface area contributed by atoms with E-state index in [0.717, 1.165) is 23.7 Å². The number of hydrogen-bond donors (Lipinski definition) is 0. The molecule has 0 aliphatic heterocycles. The lowest BCUT2D eigenvalue weighted by Crippen LogP contribution is -2.25. The predicted molar refractivity (Wildman–Crippen MR) is 110 cm³/mol. The Balaban J connectivity index is 0.00000169. The first-order chi connectivity index (χ1) is 11.8. The van der Waals surface area contributed by atoms with Crippen molar-refractivity contribution in [2.24, 2.45) is 17.8 Å². The van der Waals surface area contributed by atoms with E-state index < -0.39 is 0 Å². The quantitative estimate of drug-likeness (QED) is 0.494. The highest BCUT2D eigenvalue weighted by molar-refractivity contribution is 5.49. The van der Waals surface area contributed by atoms with Crippen molar-refractivity contribution in [3.05, 3.63) is 53.6 Å². The molecular weight excluding hydrogens is 288 g/mol. The van der Waals surface area contributed by atoms with Gasteiger partial charge in [-0.2, -0.15) is 0 Å². The summed E-state index contributed by atoms with van der Waals surface area (Å²) in [5, 5.41) is 0. The maximum Gasteiger partial charge on any atom is 0 e. The van der Waals surface area contributed by atoms with Crippen molar-refractivity contribution in [2.45, 2.75) is 71.1 Å². The van der Waals surface area contributed by atoms with Gasteiger partial charge in [-0.3, -0.25) is 0 Å². The monoisotopic (exact) mass is 326 g/mol. The Bertz CT molecular complexity index is 542. The van der Waals surface area contributed by atoms with E-state index in [4.69, 9.17) is 0 Å². The van der Waals surface area contributed by atoms with Crippen LogP contribution in [0.25, 0.3) is 6.08 Å². The fourth-order valence-corrected chi connectivity index (χ4v) is 5.08. The van der Waals surface area contributed by atoms with E-state index in [-0.39, 0.29) is 2.85 Å². The van der Waals surface area contributed by atoms with Crippen LogP contribution in [-0.2, 0) is 0 Å². The SMILES string of the molecule is C/C=C/c1ccc(C2CCC(C3CCC(/C=C/C)CC3)CC2)cc1.[HH].[HH]. The second-order valence-corrected chi connectivity index (χ2v) is 7.98. The molecule has 0 spiro atoms. The number of rotatable bonds is 4. The zero-order valence-electron chi connectivity index (χ0n) is 15.6. The van der Waals surface area contributed by atoms with Crippen molar-refractivity contribution in [1.29, 1.82) is 0 Å². The van der Waals surface area contributed by atoms with Gasteiger partial charge in [-0.1, -0.05) is 48.6 Å². The molecule has 1 aromatic carbocycles. The van der Waals surface area contributed by atoms with Gasteiger partial charge >= 0.3 is 0 Å². The fourth-order valence-electron chi connectivity index (χ4n) is 5.08. The molecule has 0 nitrogen and oxygen atoms in total. The molecule has 0 atom stereocenters. The van der Waals surface area contributed by atoms with Crippen molar-refractivity contribution >= 4 is 6.08 Å². The van der Waals surface area contributed by atoms with Gasteiger partial charge in [0.05, 0.1) is 0 Å². The second kappa shape index (κ2) is 8.70. The third-order valence-electron chi connectivity index (χ3n) is 6.49. The molecule has 2 aliphatic rings. The van der Waals surface area contributed by atoms with E-state index in [9.17, 15) is 0 Å². The number of benzene rings is 1. The Kier molecular flexibility index (Phi) is 6.35. The van der Waals surface area contributed by atoms with E-state index in [1.807, 2.05) is 0 Å². The Morgan fingerprint density at radius 2 is 1.33 bits per heavy atom. The molecule has 0 radical (unpaired) electrons. The molecule has 0 aromatic heterocycles. The lowest BCUT2D eigenvalue weighted by atomic mass is 9.68. The van der Waals surface area contributed by atoms with Gasteiger partial charge in [0.1, 0.15) is 0 Å². The van der Waals surface area contributed by atoms with Crippen LogP contribution in [0.5, 0.6) is 0 Å². The first-order valence-electron chi connectivity index (χ1n) is 10.2. The molecule has 1 aromatic rings. The van der Waals surface area contributed by atoms with Crippen LogP contribution < -0.4 is 0 Å². The first kappa shape index (κ1) is 17.5. The topological polar surface area (TPSA) is 0 Å². The fraction of sp³-hybridized carbons (Fsp3) is 0.583. The van der Waals surface area contributed by atoms with Crippen molar-refractivity contribution in [1.82, 2.24) is 0 Å². The number of hydrogen-bond acceptors (Lipinski definition) is 0. The Hall–Kier alpha value is -1.30. The highest BCUT2D eigenvalue weighted by Gasteiger charge is 2.30. The molecule has 3 rings (SSSR count). The summed E-state index contributed by atoms with van der Waals surface area (Å²) >= 11 is 0. The number of allylic oxidation sites excluding steroid dienone is 3. The van der Waals surface area contributed by atoms with E-state index in [2.05, 4.69) is 62.4 Å². The van der Waals surface area contributed by atoms with Gasteiger partial charge < -0.3 is 0 Å². The van der Waals surface area contributed by atoms with Crippen molar-refractivity contribution in [2.75, 3.05) is 0 Å². The lowest BCUT2D eigenvalue weighted by molar-refractivity contribution is 0.171. The maximum atomic E-state index is 2.44. The molecule has 0 saturated heterocycles. The predicted octanol–water partition coefficient (Wildman–Crippen LogP) is 7.87. The third kappa shape index (κ3) is 4.41. The van der Waals surface area contributed by atoms with Crippen LogP contribution in [0.1, 0.15) is 85.1 Å². The summed E-state index contributed by atoms with van der Waals surface area (Å²) in [6.45, 7) is 4.25. The molecule has 0 unspecified atom stereocenters. The van der Waals surface area contributed by atoms with E-state index in [1.54, 1.807) is 5.56 Å². The van der Waals surface area contributed by atoms with Crippen molar-refractivity contribution in [3.8, 4) is 0 Å². The standard InChI is InChI=1S/C24H34.2H2/c1-3-5-19-7-11-21(12-8-19)23-15-17-24(18-16-23)22-13-9-20(6-4-2)10-14-22;;/h3-8,11-12,20,22-24H,9-10,13-18H2,1-2H3;2*1H/b5-3+,6-4+;;. The Morgan fingerprint density at radius 3 is 1.88 bits per heavy atom. The van der Waals surface area contributed by atoms with Crippen LogP contribution in [0.4, 0.5) is 0 Å². The normalized spacial score (nSPS) is 31.8. The van der Waals surface area contributed by atoms with E-state index in [0.29, 0.717) is 0 Å². The average molecular weight is 327 g/mol. The van der Waals surface area contributed by atoms with Gasteiger partial charge in [0, 0.05) is 2.85 Å². The molecule has 0 amide bonds. The first-order valence-corrected chi connectivity index (χ1v) is 10.2.